The number of aliphatic hydroxyl groups excluding tert-OH is 1. The van der Waals surface area contributed by atoms with E-state index < -0.39 is 5.82 Å². The van der Waals surface area contributed by atoms with E-state index >= 15 is 0 Å². The van der Waals surface area contributed by atoms with Crippen LogP contribution in [0.25, 0.3) is 0 Å². The number of carbonyl (C=O) groups is 1. The van der Waals surface area contributed by atoms with Gasteiger partial charge in [-0.05, 0) is 31.0 Å². The number of hydrogen-bond donors (Lipinski definition) is 2. The predicted molar refractivity (Wildman–Crippen MR) is 62.0 cm³/mol. The minimum atomic E-state index is -0.612. The number of hydrogen-bond acceptors (Lipinski definition) is 3. The van der Waals surface area contributed by atoms with Gasteiger partial charge in [-0.1, -0.05) is 0 Å². The maximum Gasteiger partial charge on any atom is 0.257 e. The van der Waals surface area contributed by atoms with Crippen molar-refractivity contribution in [3.8, 4) is 0 Å². The lowest BCUT2D eigenvalue weighted by molar-refractivity contribution is 0.0673. The predicted octanol–water partition coefficient (Wildman–Crippen LogP) is 1.00. The number of nitrogen functional groups attached to an aromatic ring is 1. The van der Waals surface area contributed by atoms with E-state index in [0.717, 1.165) is 18.9 Å². The van der Waals surface area contributed by atoms with E-state index in [1.807, 2.05) is 0 Å². The molecule has 0 aliphatic carbocycles. The second kappa shape index (κ2) is 4.71. The number of nitrogens with zero attached hydrogens (tertiary/aromatic N) is 1. The second-order valence-electron chi connectivity index (χ2n) is 4.22. The molecule has 1 aliphatic rings. The quantitative estimate of drug-likeness (QED) is 0.755. The van der Waals surface area contributed by atoms with Gasteiger partial charge in [0, 0.05) is 12.2 Å². The van der Waals surface area contributed by atoms with E-state index in [1.54, 1.807) is 0 Å². The lowest BCUT2D eigenvalue weighted by Crippen LogP contribution is -2.38. The van der Waals surface area contributed by atoms with E-state index in [4.69, 9.17) is 10.8 Å². The Morgan fingerprint density at radius 2 is 2.35 bits per heavy atom. The molecule has 1 heterocycles. The molecule has 0 bridgehead atoms. The van der Waals surface area contributed by atoms with Crippen LogP contribution in [0.1, 0.15) is 23.2 Å². The van der Waals surface area contributed by atoms with Crippen LogP contribution in [0.4, 0.5) is 10.1 Å². The van der Waals surface area contributed by atoms with Gasteiger partial charge in [0.1, 0.15) is 5.82 Å². The maximum atomic E-state index is 13.6. The summed E-state index contributed by atoms with van der Waals surface area (Å²) in [6.45, 7) is 0.482. The smallest absolute Gasteiger partial charge is 0.257 e. The number of amides is 1. The van der Waals surface area contributed by atoms with Gasteiger partial charge in [-0.25, -0.2) is 4.39 Å². The Bertz CT molecular complexity index is 437. The first kappa shape index (κ1) is 11.9. The fourth-order valence-corrected chi connectivity index (χ4v) is 2.15. The zero-order valence-corrected chi connectivity index (χ0v) is 9.40. The topological polar surface area (TPSA) is 66.6 Å². The molecule has 1 aromatic rings. The van der Waals surface area contributed by atoms with E-state index in [1.165, 1.54) is 17.0 Å². The van der Waals surface area contributed by atoms with Gasteiger partial charge in [-0.2, -0.15) is 0 Å². The van der Waals surface area contributed by atoms with Crippen molar-refractivity contribution in [1.82, 2.24) is 4.90 Å². The Morgan fingerprint density at radius 3 is 3.00 bits per heavy atom. The molecule has 2 rings (SSSR count). The molecule has 1 amide bonds. The average Bonchev–Trinajstić information content (AvgIpc) is 2.76. The Kier molecular flexibility index (Phi) is 3.28. The van der Waals surface area contributed by atoms with Crippen LogP contribution < -0.4 is 5.73 Å². The van der Waals surface area contributed by atoms with Crippen LogP contribution in [0.2, 0.25) is 0 Å². The highest BCUT2D eigenvalue weighted by Crippen LogP contribution is 2.21. The van der Waals surface area contributed by atoms with Crippen LogP contribution in [-0.2, 0) is 0 Å². The highest BCUT2D eigenvalue weighted by Gasteiger charge is 2.29. The molecule has 0 radical (unpaired) electrons. The highest BCUT2D eigenvalue weighted by molar-refractivity contribution is 5.95. The fourth-order valence-electron chi connectivity index (χ4n) is 2.15. The minimum Gasteiger partial charge on any atom is -0.399 e. The van der Waals surface area contributed by atoms with Crippen molar-refractivity contribution in [3.63, 3.8) is 0 Å². The van der Waals surface area contributed by atoms with Crippen molar-refractivity contribution < 1.29 is 14.3 Å². The van der Waals surface area contributed by atoms with Crippen molar-refractivity contribution in [1.29, 1.82) is 0 Å². The molecule has 5 heteroatoms. The summed E-state index contributed by atoms with van der Waals surface area (Å²) >= 11 is 0. The van der Waals surface area contributed by atoms with Crippen molar-refractivity contribution in [2.75, 3.05) is 18.9 Å². The van der Waals surface area contributed by atoms with Gasteiger partial charge in [0.15, 0.2) is 0 Å². The zero-order valence-electron chi connectivity index (χ0n) is 9.40. The molecule has 1 aliphatic heterocycles. The molecule has 4 nitrogen and oxygen atoms in total. The lowest BCUT2D eigenvalue weighted by atomic mass is 10.1. The standard InChI is InChI=1S/C12H15FN2O2/c13-11-6-8(14)3-4-10(11)12(17)15-5-1-2-9(15)7-16/h3-4,6,9,16H,1-2,5,7,14H2. The number of rotatable bonds is 2. The summed E-state index contributed by atoms with van der Waals surface area (Å²) in [5, 5.41) is 9.14. The largest absolute Gasteiger partial charge is 0.399 e. The number of anilines is 1. The Hall–Kier alpha value is -1.62. The molecule has 92 valence electrons. The molecule has 0 saturated carbocycles. The van der Waals surface area contributed by atoms with Gasteiger partial charge >= 0.3 is 0 Å². The molecule has 1 fully saturated rings. The Morgan fingerprint density at radius 1 is 1.59 bits per heavy atom. The fraction of sp³-hybridized carbons (Fsp3) is 0.417. The van der Waals surface area contributed by atoms with Crippen molar-refractivity contribution in [3.05, 3.63) is 29.6 Å². The monoisotopic (exact) mass is 238 g/mol. The molecular formula is C12H15FN2O2. The van der Waals surface area contributed by atoms with Crippen LogP contribution in [0.3, 0.4) is 0 Å². The van der Waals surface area contributed by atoms with Gasteiger partial charge in [0.2, 0.25) is 0 Å². The van der Waals surface area contributed by atoms with E-state index in [2.05, 4.69) is 0 Å². The molecule has 1 unspecified atom stereocenters. The van der Waals surface area contributed by atoms with Gasteiger partial charge in [0.05, 0.1) is 18.2 Å². The first-order valence-electron chi connectivity index (χ1n) is 5.60. The van der Waals surface area contributed by atoms with Crippen LogP contribution in [0, 0.1) is 5.82 Å². The summed E-state index contributed by atoms with van der Waals surface area (Å²) in [5.74, 6) is -0.988. The van der Waals surface area contributed by atoms with Gasteiger partial charge in [-0.3, -0.25) is 4.79 Å². The summed E-state index contributed by atoms with van der Waals surface area (Å²) in [5.41, 5.74) is 5.73. The molecule has 0 spiro atoms. The third-order valence-electron chi connectivity index (χ3n) is 3.07. The normalized spacial score (nSPS) is 19.6. The first-order valence-corrected chi connectivity index (χ1v) is 5.60. The van der Waals surface area contributed by atoms with Crippen LogP contribution in [0.15, 0.2) is 18.2 Å². The lowest BCUT2D eigenvalue weighted by Gasteiger charge is -2.23. The third kappa shape index (κ3) is 2.24. The SMILES string of the molecule is Nc1ccc(C(=O)N2CCCC2CO)c(F)c1. The molecule has 17 heavy (non-hydrogen) atoms. The summed E-state index contributed by atoms with van der Waals surface area (Å²) in [6.07, 6.45) is 1.60. The summed E-state index contributed by atoms with van der Waals surface area (Å²) in [4.78, 5) is 13.6. The van der Waals surface area contributed by atoms with Crippen molar-refractivity contribution in [2.45, 2.75) is 18.9 Å². The van der Waals surface area contributed by atoms with Crippen molar-refractivity contribution >= 4 is 11.6 Å². The molecule has 1 aromatic carbocycles. The summed E-state index contributed by atoms with van der Waals surface area (Å²) < 4.78 is 13.6. The molecule has 0 aromatic heterocycles. The number of benzene rings is 1. The average molecular weight is 238 g/mol. The summed E-state index contributed by atoms with van der Waals surface area (Å²) in [7, 11) is 0. The van der Waals surface area contributed by atoms with Crippen LogP contribution >= 0.6 is 0 Å². The number of nitrogens with two attached hydrogens (primary N) is 1. The number of halogens is 1. The highest BCUT2D eigenvalue weighted by atomic mass is 19.1. The number of carbonyl (C=O) groups excluding carboxylic acids is 1. The van der Waals surface area contributed by atoms with Crippen LogP contribution in [0.5, 0.6) is 0 Å². The maximum absolute atomic E-state index is 13.6. The first-order chi connectivity index (χ1) is 8.13. The minimum absolute atomic E-state index is 0.0135. The third-order valence-corrected chi connectivity index (χ3v) is 3.07. The number of likely N-dealkylation sites (tertiary alicyclic amines) is 1. The van der Waals surface area contributed by atoms with E-state index in [9.17, 15) is 9.18 Å². The van der Waals surface area contributed by atoms with Gasteiger partial charge in [-0.15, -0.1) is 0 Å². The molecule has 3 N–H and O–H groups in total. The van der Waals surface area contributed by atoms with E-state index in [-0.39, 0.29) is 24.1 Å². The Labute approximate surface area is 98.8 Å². The molecule has 1 atom stereocenters. The zero-order chi connectivity index (χ0) is 12.4. The van der Waals surface area contributed by atoms with Crippen LogP contribution in [-0.4, -0.2) is 35.1 Å². The second-order valence-corrected chi connectivity index (χ2v) is 4.22. The van der Waals surface area contributed by atoms with Gasteiger partial charge in [0.25, 0.3) is 5.91 Å². The van der Waals surface area contributed by atoms with Crippen molar-refractivity contribution in [2.24, 2.45) is 0 Å². The molecule has 1 saturated heterocycles. The number of aliphatic hydroxyl groups is 1. The van der Waals surface area contributed by atoms with Gasteiger partial charge < -0.3 is 15.7 Å². The summed E-state index contributed by atoms with van der Waals surface area (Å²) in [6, 6.07) is 3.83. The Balaban J connectivity index is 2.24. The molecular weight excluding hydrogens is 223 g/mol. The van der Waals surface area contributed by atoms with E-state index in [0.29, 0.717) is 12.2 Å².